The Morgan fingerprint density at radius 2 is 1.91 bits per heavy atom. The van der Waals surface area contributed by atoms with Crippen molar-refractivity contribution in [2.24, 2.45) is 5.92 Å². The molecule has 1 aromatic rings. The molecule has 1 aliphatic carbocycles. The van der Waals surface area contributed by atoms with Gasteiger partial charge in [-0.05, 0) is 43.4 Å². The van der Waals surface area contributed by atoms with E-state index in [9.17, 15) is 4.79 Å². The van der Waals surface area contributed by atoms with Crippen LogP contribution in [0.2, 0.25) is 5.02 Å². The number of nitrogens with one attached hydrogen (secondary N) is 1. The van der Waals surface area contributed by atoms with Gasteiger partial charge in [0.25, 0.3) is 0 Å². The summed E-state index contributed by atoms with van der Waals surface area (Å²) in [4.78, 5) is 15.9. The molecule has 0 heterocycles. The summed E-state index contributed by atoms with van der Waals surface area (Å²) in [6.07, 6.45) is 4.11. The number of hydrogen-bond donors (Lipinski definition) is 1. The van der Waals surface area contributed by atoms with E-state index < -0.39 is 0 Å². The van der Waals surface area contributed by atoms with Crippen molar-refractivity contribution in [2.45, 2.75) is 38.7 Å². The van der Waals surface area contributed by atoms with Crippen LogP contribution < -0.4 is 5.48 Å². The van der Waals surface area contributed by atoms with Crippen LogP contribution in [0.1, 0.15) is 31.7 Å². The highest BCUT2D eigenvalue weighted by Gasteiger charge is 2.22. The molecule has 23 heavy (non-hydrogen) atoms. The SMILES string of the molecule is CC(=O)C(Cc1ccc(Cl)cc1)OCC1CCC1.CNOC.Cl. The number of hydrogen-bond acceptors (Lipinski definition) is 4. The van der Waals surface area contributed by atoms with E-state index in [0.717, 1.165) is 12.2 Å². The van der Waals surface area contributed by atoms with Crippen molar-refractivity contribution < 1.29 is 14.4 Å². The van der Waals surface area contributed by atoms with Crippen molar-refractivity contribution in [1.82, 2.24) is 5.48 Å². The molecule has 132 valence electrons. The zero-order chi connectivity index (χ0) is 16.4. The normalized spacial score (nSPS) is 14.8. The number of hydroxylamine groups is 1. The maximum atomic E-state index is 11.6. The molecule has 0 aromatic heterocycles. The standard InChI is InChI=1S/C15H19ClO2.C2H7NO.ClH/c1-11(17)15(18-10-13-3-2-4-13)9-12-5-7-14(16)8-6-12;1-3-4-2;/h5-8,13,15H,2-4,9-10H2,1H3;3H,1-2H3;1H. The van der Waals surface area contributed by atoms with E-state index in [2.05, 4.69) is 10.3 Å². The Bertz CT molecular complexity index is 434. The predicted molar refractivity (Wildman–Crippen MR) is 96.2 cm³/mol. The first-order valence-electron chi connectivity index (χ1n) is 7.63. The highest BCUT2D eigenvalue weighted by Crippen LogP contribution is 2.27. The lowest BCUT2D eigenvalue weighted by molar-refractivity contribution is -0.129. The highest BCUT2D eigenvalue weighted by molar-refractivity contribution is 6.30. The van der Waals surface area contributed by atoms with E-state index in [1.165, 1.54) is 19.3 Å². The van der Waals surface area contributed by atoms with Gasteiger partial charge in [0.1, 0.15) is 6.10 Å². The number of carbonyl (C=O) groups excluding carboxylic acids is 1. The minimum atomic E-state index is -0.313. The third-order valence-electron chi connectivity index (χ3n) is 3.75. The van der Waals surface area contributed by atoms with Gasteiger partial charge in [0.15, 0.2) is 5.78 Å². The summed E-state index contributed by atoms with van der Waals surface area (Å²) < 4.78 is 5.76. The Morgan fingerprint density at radius 3 is 2.30 bits per heavy atom. The molecule has 6 heteroatoms. The third kappa shape index (κ3) is 9.28. The van der Waals surface area contributed by atoms with Crippen molar-refractivity contribution in [3.05, 3.63) is 34.9 Å². The molecular formula is C17H27Cl2NO3. The molecule has 1 atom stereocenters. The number of ketones is 1. The fraction of sp³-hybridized carbons (Fsp3) is 0.588. The zero-order valence-electron chi connectivity index (χ0n) is 14.0. The van der Waals surface area contributed by atoms with Crippen molar-refractivity contribution in [3.8, 4) is 0 Å². The molecule has 1 N–H and O–H groups in total. The van der Waals surface area contributed by atoms with Gasteiger partial charge < -0.3 is 9.57 Å². The van der Waals surface area contributed by atoms with Gasteiger partial charge in [0.2, 0.25) is 0 Å². The molecule has 1 saturated carbocycles. The summed E-state index contributed by atoms with van der Waals surface area (Å²) in [5, 5.41) is 0.716. The molecule has 1 aromatic carbocycles. The smallest absolute Gasteiger partial charge is 0.158 e. The molecule has 4 nitrogen and oxygen atoms in total. The van der Waals surface area contributed by atoms with Crippen LogP contribution in [0.3, 0.4) is 0 Å². The summed E-state index contributed by atoms with van der Waals surface area (Å²) in [6, 6.07) is 7.59. The number of rotatable bonds is 7. The molecule has 1 aliphatic rings. The number of halogens is 2. The lowest BCUT2D eigenvalue weighted by atomic mass is 9.86. The average molecular weight is 364 g/mol. The first-order valence-corrected chi connectivity index (χ1v) is 8.00. The van der Waals surface area contributed by atoms with Gasteiger partial charge in [-0.2, -0.15) is 0 Å². The second-order valence-corrected chi connectivity index (χ2v) is 5.90. The minimum absolute atomic E-state index is 0. The maximum Gasteiger partial charge on any atom is 0.158 e. The second kappa shape index (κ2) is 12.7. The van der Waals surface area contributed by atoms with Gasteiger partial charge >= 0.3 is 0 Å². The van der Waals surface area contributed by atoms with Crippen molar-refractivity contribution in [1.29, 1.82) is 0 Å². The largest absolute Gasteiger partial charge is 0.370 e. The van der Waals surface area contributed by atoms with E-state index in [0.29, 0.717) is 17.4 Å². The summed E-state index contributed by atoms with van der Waals surface area (Å²) >= 11 is 5.84. The van der Waals surface area contributed by atoms with Gasteiger partial charge in [-0.15, -0.1) is 12.4 Å². The van der Waals surface area contributed by atoms with Gasteiger partial charge in [-0.25, -0.2) is 5.48 Å². The van der Waals surface area contributed by atoms with Crippen LogP contribution in [0.15, 0.2) is 24.3 Å². The fourth-order valence-electron chi connectivity index (χ4n) is 2.07. The summed E-state index contributed by atoms with van der Waals surface area (Å²) in [7, 11) is 3.28. The Kier molecular flexibility index (Phi) is 12.4. The fourth-order valence-corrected chi connectivity index (χ4v) is 2.19. The van der Waals surface area contributed by atoms with Gasteiger partial charge in [0, 0.05) is 18.5 Å². The van der Waals surface area contributed by atoms with Crippen LogP contribution in [0, 0.1) is 5.92 Å². The topological polar surface area (TPSA) is 47.6 Å². The Labute approximate surface area is 150 Å². The summed E-state index contributed by atoms with van der Waals surface area (Å²) in [5.41, 5.74) is 3.52. The summed E-state index contributed by atoms with van der Waals surface area (Å²) in [5.74, 6) is 0.765. The van der Waals surface area contributed by atoms with Gasteiger partial charge in [0.05, 0.1) is 13.7 Å². The number of ether oxygens (including phenoxy) is 1. The van der Waals surface area contributed by atoms with E-state index in [4.69, 9.17) is 16.3 Å². The molecular weight excluding hydrogens is 337 g/mol. The van der Waals surface area contributed by atoms with Crippen LogP contribution >= 0.6 is 24.0 Å². The molecule has 0 bridgehead atoms. The number of Topliss-reactive ketones (excluding diaryl/α,β-unsaturated/α-hetero) is 1. The quantitative estimate of drug-likeness (QED) is 0.747. The van der Waals surface area contributed by atoms with Crippen LogP contribution in [0.5, 0.6) is 0 Å². The average Bonchev–Trinajstić information content (AvgIpc) is 2.46. The van der Waals surface area contributed by atoms with E-state index in [-0.39, 0.29) is 24.3 Å². The number of benzene rings is 1. The van der Waals surface area contributed by atoms with E-state index in [1.807, 2.05) is 24.3 Å². The third-order valence-corrected chi connectivity index (χ3v) is 4.00. The molecule has 0 spiro atoms. The van der Waals surface area contributed by atoms with Crippen molar-refractivity contribution >= 4 is 29.8 Å². The molecule has 2 rings (SSSR count). The van der Waals surface area contributed by atoms with Crippen LogP contribution in [-0.4, -0.2) is 32.7 Å². The molecule has 0 radical (unpaired) electrons. The first-order chi connectivity index (χ1) is 10.6. The number of carbonyl (C=O) groups is 1. The predicted octanol–water partition coefficient (Wildman–Crippen LogP) is 3.85. The monoisotopic (exact) mass is 363 g/mol. The van der Waals surface area contributed by atoms with Crippen LogP contribution in [0.25, 0.3) is 0 Å². The van der Waals surface area contributed by atoms with Gasteiger partial charge in [-0.1, -0.05) is 30.2 Å². The molecule has 0 amide bonds. The van der Waals surface area contributed by atoms with Crippen LogP contribution in [-0.2, 0) is 20.8 Å². The maximum absolute atomic E-state index is 11.6. The lowest BCUT2D eigenvalue weighted by Crippen LogP contribution is -2.29. The second-order valence-electron chi connectivity index (χ2n) is 5.47. The lowest BCUT2D eigenvalue weighted by Gasteiger charge is -2.27. The molecule has 0 saturated heterocycles. The van der Waals surface area contributed by atoms with E-state index in [1.54, 1.807) is 21.1 Å². The molecule has 1 unspecified atom stereocenters. The highest BCUT2D eigenvalue weighted by atomic mass is 35.5. The summed E-state index contributed by atoms with van der Waals surface area (Å²) in [6.45, 7) is 2.32. The van der Waals surface area contributed by atoms with E-state index >= 15 is 0 Å². The first kappa shape index (κ1) is 22.4. The Balaban J connectivity index is 0.000000871. The van der Waals surface area contributed by atoms with Crippen molar-refractivity contribution in [3.63, 3.8) is 0 Å². The van der Waals surface area contributed by atoms with Gasteiger partial charge in [-0.3, -0.25) is 4.79 Å². The Morgan fingerprint density at radius 1 is 1.35 bits per heavy atom. The van der Waals surface area contributed by atoms with Crippen LogP contribution in [0.4, 0.5) is 0 Å². The van der Waals surface area contributed by atoms with Crippen molar-refractivity contribution in [2.75, 3.05) is 20.8 Å². The zero-order valence-corrected chi connectivity index (χ0v) is 15.6. The molecule has 0 aliphatic heterocycles. The Hall–Kier alpha value is -0.650. The molecule has 1 fully saturated rings. The minimum Gasteiger partial charge on any atom is -0.370 e.